The number of hydrogen-bond donors (Lipinski definition) is 1. The standard InChI is InChI=1S/C39H72O4/c1-34(2)29-25-21-17-13-9-5-7-11-15-19-23-27-31-36(40)33-37(39(42)43)38(41)32-28-24-20-16-12-8-6-10-14-18-22-26-30-35(3)4/h33-35H,5-32H2,1-4H3,(H,42,43). The van der Waals surface area contributed by atoms with Crippen molar-refractivity contribution in [2.24, 2.45) is 11.8 Å². The lowest BCUT2D eigenvalue weighted by atomic mass is 10.00. The summed E-state index contributed by atoms with van der Waals surface area (Å²) >= 11 is 0. The molecule has 4 nitrogen and oxygen atoms in total. The van der Waals surface area contributed by atoms with Gasteiger partial charge in [0.1, 0.15) is 5.57 Å². The van der Waals surface area contributed by atoms with Crippen molar-refractivity contribution in [1.29, 1.82) is 0 Å². The molecule has 0 heterocycles. The van der Waals surface area contributed by atoms with Gasteiger partial charge in [0, 0.05) is 12.8 Å². The number of allylic oxidation sites excluding steroid dienone is 1. The summed E-state index contributed by atoms with van der Waals surface area (Å²) in [5, 5.41) is 9.48. The van der Waals surface area contributed by atoms with E-state index in [9.17, 15) is 19.5 Å². The number of unbranched alkanes of at least 4 members (excludes halogenated alkanes) is 22. The molecule has 43 heavy (non-hydrogen) atoms. The van der Waals surface area contributed by atoms with E-state index < -0.39 is 11.8 Å². The molecule has 0 fully saturated rings. The van der Waals surface area contributed by atoms with Crippen LogP contribution in [0.25, 0.3) is 0 Å². The van der Waals surface area contributed by atoms with E-state index in [4.69, 9.17) is 0 Å². The van der Waals surface area contributed by atoms with Crippen LogP contribution in [0.1, 0.15) is 207 Å². The van der Waals surface area contributed by atoms with Crippen LogP contribution in [-0.2, 0) is 14.4 Å². The molecule has 0 amide bonds. The van der Waals surface area contributed by atoms with Gasteiger partial charge in [-0.2, -0.15) is 0 Å². The lowest BCUT2D eigenvalue weighted by molar-refractivity contribution is -0.135. The first kappa shape index (κ1) is 41.5. The van der Waals surface area contributed by atoms with Crippen LogP contribution >= 0.6 is 0 Å². The van der Waals surface area contributed by atoms with E-state index in [1.165, 1.54) is 128 Å². The maximum Gasteiger partial charge on any atom is 0.339 e. The predicted octanol–water partition coefficient (Wildman–Crippen LogP) is 12.4. The van der Waals surface area contributed by atoms with Gasteiger partial charge in [-0.05, 0) is 30.8 Å². The zero-order valence-corrected chi connectivity index (χ0v) is 29.2. The van der Waals surface area contributed by atoms with Crippen LogP contribution in [0.5, 0.6) is 0 Å². The van der Waals surface area contributed by atoms with Crippen LogP contribution in [0.3, 0.4) is 0 Å². The highest BCUT2D eigenvalue weighted by Gasteiger charge is 2.18. The van der Waals surface area contributed by atoms with E-state index >= 15 is 0 Å². The average molecular weight is 605 g/mol. The molecule has 0 aromatic rings. The van der Waals surface area contributed by atoms with Crippen molar-refractivity contribution in [3.63, 3.8) is 0 Å². The Morgan fingerprint density at radius 3 is 1.02 bits per heavy atom. The zero-order valence-electron chi connectivity index (χ0n) is 29.2. The summed E-state index contributed by atoms with van der Waals surface area (Å²) < 4.78 is 0. The number of aliphatic carboxylic acids is 1. The molecular weight excluding hydrogens is 532 g/mol. The molecule has 0 aliphatic carbocycles. The summed E-state index contributed by atoms with van der Waals surface area (Å²) in [6.07, 6.45) is 33.8. The van der Waals surface area contributed by atoms with Crippen molar-refractivity contribution in [2.45, 2.75) is 207 Å². The summed E-state index contributed by atoms with van der Waals surface area (Å²) in [6.45, 7) is 9.20. The third-order valence-corrected chi connectivity index (χ3v) is 8.73. The van der Waals surface area contributed by atoms with Crippen LogP contribution in [0.2, 0.25) is 0 Å². The molecular formula is C39H72O4. The second-order valence-electron chi connectivity index (χ2n) is 14.1. The number of rotatable bonds is 33. The number of hydrogen-bond acceptors (Lipinski definition) is 3. The molecule has 0 rings (SSSR count). The van der Waals surface area contributed by atoms with Crippen LogP contribution in [0.15, 0.2) is 11.6 Å². The van der Waals surface area contributed by atoms with Gasteiger partial charge in [-0.1, -0.05) is 182 Å². The first-order valence-electron chi connectivity index (χ1n) is 18.7. The first-order chi connectivity index (χ1) is 20.7. The summed E-state index contributed by atoms with van der Waals surface area (Å²) in [6, 6.07) is 0. The molecule has 0 aliphatic heterocycles. The number of carboxylic acids is 1. The third-order valence-electron chi connectivity index (χ3n) is 8.73. The Kier molecular flexibility index (Phi) is 29.5. The Balaban J connectivity index is 3.75. The van der Waals surface area contributed by atoms with Crippen molar-refractivity contribution in [3.8, 4) is 0 Å². The Morgan fingerprint density at radius 1 is 0.442 bits per heavy atom. The molecule has 0 saturated carbocycles. The second-order valence-corrected chi connectivity index (χ2v) is 14.1. The molecule has 0 aliphatic rings. The Bertz CT molecular complexity index is 706. The highest BCUT2D eigenvalue weighted by Crippen LogP contribution is 2.17. The lowest BCUT2D eigenvalue weighted by Crippen LogP contribution is -2.14. The van der Waals surface area contributed by atoms with Crippen LogP contribution < -0.4 is 0 Å². The molecule has 0 saturated heterocycles. The van der Waals surface area contributed by atoms with Gasteiger partial charge in [-0.25, -0.2) is 4.79 Å². The molecule has 0 radical (unpaired) electrons. The maximum absolute atomic E-state index is 12.5. The Hall–Kier alpha value is -1.45. The molecule has 0 bridgehead atoms. The third kappa shape index (κ3) is 30.4. The summed E-state index contributed by atoms with van der Waals surface area (Å²) in [7, 11) is 0. The number of Topliss-reactive ketones (excluding diaryl/α,β-unsaturated/α-hetero) is 1. The van der Waals surface area contributed by atoms with Gasteiger partial charge in [0.15, 0.2) is 11.6 Å². The SMILES string of the molecule is CC(C)CCCCCCCCCCCCCCC(=O)C=C(C(=O)O)C(=O)CCCCCCCCCCCCCCC(C)C. The second kappa shape index (κ2) is 30.6. The minimum Gasteiger partial charge on any atom is -0.478 e. The zero-order chi connectivity index (χ0) is 32.0. The van der Waals surface area contributed by atoms with Crippen molar-refractivity contribution in [3.05, 3.63) is 11.6 Å². The number of ketones is 2. The molecule has 0 spiro atoms. The normalized spacial score (nSPS) is 12.0. The fraction of sp³-hybridized carbons (Fsp3) is 0.872. The highest BCUT2D eigenvalue weighted by atomic mass is 16.4. The number of carbonyl (C=O) groups excluding carboxylic acids is 2. The fourth-order valence-electron chi connectivity index (χ4n) is 5.85. The van der Waals surface area contributed by atoms with Crippen LogP contribution in [-0.4, -0.2) is 22.6 Å². The van der Waals surface area contributed by atoms with Gasteiger partial charge in [0.2, 0.25) is 0 Å². The van der Waals surface area contributed by atoms with E-state index in [0.29, 0.717) is 12.8 Å². The molecule has 4 heteroatoms. The minimum atomic E-state index is -1.27. The quantitative estimate of drug-likeness (QED) is 0.0350. The molecule has 0 aromatic carbocycles. The largest absolute Gasteiger partial charge is 0.478 e. The molecule has 0 aromatic heterocycles. The topological polar surface area (TPSA) is 71.4 Å². The summed E-state index contributed by atoms with van der Waals surface area (Å²) in [5.74, 6) is -0.233. The Labute approximate surface area is 267 Å². The predicted molar refractivity (Wildman–Crippen MR) is 185 cm³/mol. The summed E-state index contributed by atoms with van der Waals surface area (Å²) in [5.41, 5.74) is -0.325. The smallest absolute Gasteiger partial charge is 0.339 e. The molecule has 0 unspecified atom stereocenters. The number of carboxylic acid groups (broad SMARTS) is 1. The van der Waals surface area contributed by atoms with Crippen molar-refractivity contribution < 1.29 is 19.5 Å². The van der Waals surface area contributed by atoms with Crippen LogP contribution in [0.4, 0.5) is 0 Å². The van der Waals surface area contributed by atoms with E-state index in [0.717, 1.165) is 50.0 Å². The lowest BCUT2D eigenvalue weighted by Gasteiger charge is -2.05. The van der Waals surface area contributed by atoms with E-state index in [2.05, 4.69) is 27.7 Å². The van der Waals surface area contributed by atoms with Gasteiger partial charge in [0.05, 0.1) is 0 Å². The summed E-state index contributed by atoms with van der Waals surface area (Å²) in [4.78, 5) is 36.4. The van der Waals surface area contributed by atoms with E-state index in [-0.39, 0.29) is 17.8 Å². The van der Waals surface area contributed by atoms with Gasteiger partial charge in [-0.3, -0.25) is 9.59 Å². The monoisotopic (exact) mass is 605 g/mol. The van der Waals surface area contributed by atoms with Gasteiger partial charge in [-0.15, -0.1) is 0 Å². The average Bonchev–Trinajstić information content (AvgIpc) is 2.95. The van der Waals surface area contributed by atoms with Crippen molar-refractivity contribution >= 4 is 17.5 Å². The minimum absolute atomic E-state index is 0.223. The van der Waals surface area contributed by atoms with Crippen molar-refractivity contribution in [1.82, 2.24) is 0 Å². The van der Waals surface area contributed by atoms with E-state index in [1.807, 2.05) is 0 Å². The van der Waals surface area contributed by atoms with E-state index in [1.54, 1.807) is 0 Å². The highest BCUT2D eigenvalue weighted by molar-refractivity contribution is 6.19. The molecule has 0 atom stereocenters. The van der Waals surface area contributed by atoms with Crippen molar-refractivity contribution in [2.75, 3.05) is 0 Å². The number of carbonyl (C=O) groups is 3. The van der Waals surface area contributed by atoms with Gasteiger partial charge >= 0.3 is 5.97 Å². The molecule has 252 valence electrons. The molecule has 1 N–H and O–H groups in total. The van der Waals surface area contributed by atoms with Gasteiger partial charge < -0.3 is 5.11 Å². The van der Waals surface area contributed by atoms with Gasteiger partial charge in [0.25, 0.3) is 0 Å². The Morgan fingerprint density at radius 2 is 0.721 bits per heavy atom. The first-order valence-corrected chi connectivity index (χ1v) is 18.7. The fourth-order valence-corrected chi connectivity index (χ4v) is 5.85. The maximum atomic E-state index is 12.5. The van der Waals surface area contributed by atoms with Crippen LogP contribution in [0, 0.1) is 11.8 Å².